The van der Waals surface area contributed by atoms with Gasteiger partial charge in [0.25, 0.3) is 0 Å². The molecule has 5 aromatic carbocycles. The number of carboxylic acids is 1. The molecule has 6 rings (SSSR count). The molecule has 0 aliphatic carbocycles. The van der Waals surface area contributed by atoms with Crippen molar-refractivity contribution < 1.29 is 19.7 Å². The largest absolute Gasteiger partial charge is 0.489 e. The molecule has 5 aromatic rings. The molecule has 0 saturated carbocycles. The minimum absolute atomic E-state index is 0.0214. The van der Waals surface area contributed by atoms with E-state index in [4.69, 9.17) is 9.84 Å². The fourth-order valence-corrected chi connectivity index (χ4v) is 6.84. The first-order valence-corrected chi connectivity index (χ1v) is 17.8. The number of carbonyl (C=O) groups is 1. The molecule has 0 bridgehead atoms. The SMILES string of the molecule is CC.CC(C)(C)O.CSN1Cc2ccc(OCc3cccc4ccccc34)cc2-c2c(C)c(-c3ccc(C)cc3)c(CC(=O)O)c(C)c21. The number of nitrogens with zero attached hydrogens (tertiary/aromatic N) is 1. The lowest BCUT2D eigenvalue weighted by molar-refractivity contribution is -0.136. The van der Waals surface area contributed by atoms with Gasteiger partial charge in [0.2, 0.25) is 0 Å². The summed E-state index contributed by atoms with van der Waals surface area (Å²) in [6, 6.07) is 29.5. The van der Waals surface area contributed by atoms with Gasteiger partial charge in [0.05, 0.1) is 24.3 Å². The van der Waals surface area contributed by atoms with Gasteiger partial charge in [-0.25, -0.2) is 0 Å². The zero-order valence-corrected chi connectivity index (χ0v) is 30.6. The minimum Gasteiger partial charge on any atom is -0.489 e. The summed E-state index contributed by atoms with van der Waals surface area (Å²) in [5.74, 6) is 0.000585. The van der Waals surface area contributed by atoms with Crippen LogP contribution in [0.25, 0.3) is 33.0 Å². The molecule has 0 unspecified atom stereocenters. The van der Waals surface area contributed by atoms with E-state index in [9.17, 15) is 9.90 Å². The van der Waals surface area contributed by atoms with Crippen molar-refractivity contribution in [3.63, 3.8) is 0 Å². The molecular formula is C42H49NO4S. The molecule has 0 atom stereocenters. The Kier molecular flexibility index (Phi) is 12.0. The third-order valence-electron chi connectivity index (χ3n) is 8.17. The van der Waals surface area contributed by atoms with E-state index in [0.29, 0.717) is 6.61 Å². The monoisotopic (exact) mass is 663 g/mol. The minimum atomic E-state index is -0.822. The van der Waals surface area contributed by atoms with Crippen LogP contribution in [-0.2, 0) is 24.4 Å². The van der Waals surface area contributed by atoms with Gasteiger partial charge in [-0.3, -0.25) is 4.79 Å². The number of rotatable bonds is 7. The fraction of sp³-hybridized carbons (Fsp3) is 0.310. The smallest absolute Gasteiger partial charge is 0.307 e. The molecule has 0 radical (unpaired) electrons. The summed E-state index contributed by atoms with van der Waals surface area (Å²) >= 11 is 1.67. The van der Waals surface area contributed by atoms with Crippen LogP contribution in [0.5, 0.6) is 5.75 Å². The van der Waals surface area contributed by atoms with E-state index in [1.54, 1.807) is 32.7 Å². The first-order chi connectivity index (χ1) is 22.9. The summed E-state index contributed by atoms with van der Waals surface area (Å²) in [4.78, 5) is 12.1. The van der Waals surface area contributed by atoms with E-state index >= 15 is 0 Å². The van der Waals surface area contributed by atoms with Crippen LogP contribution < -0.4 is 9.04 Å². The van der Waals surface area contributed by atoms with Crippen LogP contribution in [0.4, 0.5) is 5.69 Å². The van der Waals surface area contributed by atoms with Crippen molar-refractivity contribution in [3.8, 4) is 28.0 Å². The van der Waals surface area contributed by atoms with Crippen molar-refractivity contribution in [3.05, 3.63) is 118 Å². The van der Waals surface area contributed by atoms with Crippen molar-refractivity contribution in [1.29, 1.82) is 0 Å². The van der Waals surface area contributed by atoms with Gasteiger partial charge in [-0.15, -0.1) is 0 Å². The van der Waals surface area contributed by atoms with Crippen LogP contribution in [0.15, 0.2) is 84.9 Å². The van der Waals surface area contributed by atoms with E-state index < -0.39 is 11.6 Å². The van der Waals surface area contributed by atoms with Crippen molar-refractivity contribution in [2.45, 2.75) is 80.6 Å². The number of aryl methyl sites for hydroxylation is 1. The molecule has 5 nitrogen and oxygen atoms in total. The lowest BCUT2D eigenvalue weighted by Crippen LogP contribution is -2.22. The zero-order chi connectivity index (χ0) is 35.2. The van der Waals surface area contributed by atoms with E-state index in [2.05, 4.69) is 116 Å². The molecule has 0 amide bonds. The fourth-order valence-electron chi connectivity index (χ4n) is 6.16. The summed E-state index contributed by atoms with van der Waals surface area (Å²) in [6.07, 6.45) is 2.06. The topological polar surface area (TPSA) is 70.0 Å². The molecule has 1 aliphatic rings. The molecule has 0 fully saturated rings. The first-order valence-electron chi connectivity index (χ1n) is 16.6. The number of ether oxygens (including phenoxy) is 1. The van der Waals surface area contributed by atoms with Crippen LogP contribution in [0.1, 0.15) is 68.0 Å². The summed E-state index contributed by atoms with van der Waals surface area (Å²) < 4.78 is 8.71. The molecule has 0 saturated heterocycles. The Morgan fingerprint density at radius 1 is 0.875 bits per heavy atom. The molecule has 48 heavy (non-hydrogen) atoms. The van der Waals surface area contributed by atoms with Crippen LogP contribution >= 0.6 is 11.9 Å². The summed E-state index contributed by atoms with van der Waals surface area (Å²) in [5, 5.41) is 20.8. The average Bonchev–Trinajstić information content (AvgIpc) is 3.06. The van der Waals surface area contributed by atoms with Crippen molar-refractivity contribution >= 4 is 34.4 Å². The molecular weight excluding hydrogens is 615 g/mol. The predicted molar refractivity (Wildman–Crippen MR) is 204 cm³/mol. The highest BCUT2D eigenvalue weighted by Crippen LogP contribution is 2.51. The Labute approximate surface area is 290 Å². The summed E-state index contributed by atoms with van der Waals surface area (Å²) in [6.45, 7) is 16.7. The van der Waals surface area contributed by atoms with Gasteiger partial charge in [0.15, 0.2) is 0 Å². The van der Waals surface area contributed by atoms with Crippen LogP contribution in [0, 0.1) is 20.8 Å². The standard InChI is InChI=1S/C36H33NO3S.C4H10O.C2H6/c1-22-12-14-26(15-13-22)34-24(3)35-32-18-29(40-21-28-10-7-9-25-8-5-6-11-30(25)28)17-16-27(32)20-37(41-4)36(35)23(2)31(34)19-33(38)39;1-4(2,3)5;1-2/h5-18H,19-21H2,1-4H3,(H,38,39);5H,1-3H3;1-2H3. The zero-order valence-electron chi connectivity index (χ0n) is 29.8. The number of anilines is 1. The number of hydrogen-bond acceptors (Lipinski definition) is 5. The lowest BCUT2D eigenvalue weighted by Gasteiger charge is -2.36. The normalized spacial score (nSPS) is 11.8. The van der Waals surface area contributed by atoms with Gasteiger partial charge < -0.3 is 19.3 Å². The molecule has 6 heteroatoms. The van der Waals surface area contributed by atoms with E-state index in [0.717, 1.165) is 62.5 Å². The molecule has 1 aliphatic heterocycles. The maximum atomic E-state index is 12.1. The summed E-state index contributed by atoms with van der Waals surface area (Å²) in [5.41, 5.74) is 11.5. The van der Waals surface area contributed by atoms with E-state index in [1.165, 1.54) is 21.9 Å². The number of aliphatic carboxylic acids is 1. The highest BCUT2D eigenvalue weighted by molar-refractivity contribution is 7.99. The molecule has 1 heterocycles. The van der Waals surface area contributed by atoms with Gasteiger partial charge in [-0.05, 0) is 109 Å². The summed E-state index contributed by atoms with van der Waals surface area (Å²) in [7, 11) is 0. The Hall–Kier alpha value is -4.26. The van der Waals surface area contributed by atoms with E-state index in [1.807, 2.05) is 13.8 Å². The molecule has 0 spiro atoms. The van der Waals surface area contributed by atoms with Crippen LogP contribution in [0.3, 0.4) is 0 Å². The average molecular weight is 664 g/mol. The number of aliphatic hydroxyl groups is 1. The molecule has 0 aromatic heterocycles. The van der Waals surface area contributed by atoms with Gasteiger partial charge in [-0.2, -0.15) is 0 Å². The Morgan fingerprint density at radius 2 is 1.52 bits per heavy atom. The quantitative estimate of drug-likeness (QED) is 0.169. The number of benzene rings is 5. The molecule has 252 valence electrons. The highest BCUT2D eigenvalue weighted by atomic mass is 32.2. The highest BCUT2D eigenvalue weighted by Gasteiger charge is 2.30. The van der Waals surface area contributed by atoms with E-state index in [-0.39, 0.29) is 6.42 Å². The Bertz CT molecular complexity index is 1880. The maximum Gasteiger partial charge on any atom is 0.307 e. The van der Waals surface area contributed by atoms with Gasteiger partial charge in [0, 0.05) is 11.8 Å². The number of fused-ring (bicyclic) bond motifs is 4. The van der Waals surface area contributed by atoms with Crippen molar-refractivity contribution in [1.82, 2.24) is 0 Å². The van der Waals surface area contributed by atoms with Crippen LogP contribution in [0.2, 0.25) is 0 Å². The van der Waals surface area contributed by atoms with Crippen LogP contribution in [-0.4, -0.2) is 28.0 Å². The maximum absolute atomic E-state index is 12.1. The van der Waals surface area contributed by atoms with Crippen molar-refractivity contribution in [2.75, 3.05) is 10.6 Å². The molecule has 2 N–H and O–H groups in total. The second kappa shape index (κ2) is 15.8. The number of carboxylic acid groups (broad SMARTS) is 1. The second-order valence-electron chi connectivity index (χ2n) is 12.9. The second-order valence-corrected chi connectivity index (χ2v) is 13.7. The van der Waals surface area contributed by atoms with Gasteiger partial charge in [-0.1, -0.05) is 104 Å². The third-order valence-corrected chi connectivity index (χ3v) is 8.93. The lowest BCUT2D eigenvalue weighted by atomic mass is 9.81. The third kappa shape index (κ3) is 8.41. The Balaban J connectivity index is 0.000000682. The van der Waals surface area contributed by atoms with Gasteiger partial charge in [0.1, 0.15) is 12.4 Å². The Morgan fingerprint density at radius 3 is 2.17 bits per heavy atom. The van der Waals surface area contributed by atoms with Crippen molar-refractivity contribution in [2.24, 2.45) is 0 Å². The first kappa shape index (κ1) is 36.6. The number of hydrogen-bond donors (Lipinski definition) is 2. The predicted octanol–water partition coefficient (Wildman–Crippen LogP) is 10.7. The van der Waals surface area contributed by atoms with Gasteiger partial charge >= 0.3 is 5.97 Å².